The summed E-state index contributed by atoms with van der Waals surface area (Å²) >= 11 is 4.03. The molecule has 0 saturated carbocycles. The Labute approximate surface area is 427 Å². The third kappa shape index (κ3) is 17.2. The zero-order chi connectivity index (χ0) is 54.8. The fraction of sp³-hybridized carbons (Fsp3) is 0.388. The van der Waals surface area contributed by atoms with E-state index in [2.05, 4.69) is 39.2 Å². The Morgan fingerprint density at radius 1 is 0.703 bits per heavy atom. The lowest BCUT2D eigenvalue weighted by molar-refractivity contribution is -0.143. The molecule has 4 rings (SSSR count). The van der Waals surface area contributed by atoms with Crippen LogP contribution in [0.15, 0.2) is 82.4 Å². The Bertz CT molecular complexity index is 2810. The maximum atomic E-state index is 14.9. The second-order valence-corrected chi connectivity index (χ2v) is 17.7. The van der Waals surface area contributed by atoms with E-state index in [1.807, 2.05) is 0 Å². The number of amides is 5. The van der Waals surface area contributed by atoms with Crippen molar-refractivity contribution in [2.24, 2.45) is 11.5 Å². The van der Waals surface area contributed by atoms with Crippen molar-refractivity contribution in [2.75, 3.05) is 12.3 Å². The van der Waals surface area contributed by atoms with Crippen molar-refractivity contribution < 1.29 is 62.5 Å². The van der Waals surface area contributed by atoms with Crippen LogP contribution in [0, 0.1) is 18.6 Å². The number of carboxylic acids is 3. The largest absolute Gasteiger partial charge is 0.481 e. The monoisotopic (exact) mass is 1050 g/mol. The van der Waals surface area contributed by atoms with Gasteiger partial charge in [0.1, 0.15) is 35.8 Å². The van der Waals surface area contributed by atoms with Gasteiger partial charge in [0.25, 0.3) is 5.56 Å². The van der Waals surface area contributed by atoms with E-state index in [4.69, 9.17) is 16.6 Å². The molecule has 398 valence electrons. The van der Waals surface area contributed by atoms with E-state index in [1.165, 1.54) is 13.0 Å². The minimum atomic E-state index is -1.62. The number of nitrogens with zero attached hydrogens (tertiary/aromatic N) is 2. The molecular weight excluding hydrogens is 993 g/mol. The quantitative estimate of drug-likeness (QED) is 0.0345. The van der Waals surface area contributed by atoms with Gasteiger partial charge >= 0.3 is 23.6 Å². The first-order valence-electron chi connectivity index (χ1n) is 23.2. The summed E-state index contributed by atoms with van der Waals surface area (Å²) in [5.41, 5.74) is 11.8. The number of carbonyl (C=O) groups excluding carboxylic acids is 5. The van der Waals surface area contributed by atoms with Gasteiger partial charge in [-0.1, -0.05) is 60.7 Å². The highest BCUT2D eigenvalue weighted by atomic mass is 32.1. The van der Waals surface area contributed by atoms with Gasteiger partial charge in [-0.2, -0.15) is 12.6 Å². The Morgan fingerprint density at radius 3 is 1.86 bits per heavy atom. The minimum Gasteiger partial charge on any atom is -0.481 e. The number of rotatable bonds is 28. The molecule has 3 aromatic carbocycles. The molecule has 0 spiro atoms. The number of aryl methyl sites for hydroxylation is 1. The van der Waals surface area contributed by atoms with Gasteiger partial charge in [-0.25, -0.2) is 23.2 Å². The number of hydrogen-bond donors (Lipinski definition) is 11. The summed E-state index contributed by atoms with van der Waals surface area (Å²) in [4.78, 5) is 127. The van der Waals surface area contributed by atoms with Crippen LogP contribution < -0.4 is 49.3 Å². The Hall–Kier alpha value is -7.77. The number of carbonyl (C=O) groups is 8. The number of aliphatic carboxylic acids is 3. The zero-order valence-corrected chi connectivity index (χ0v) is 41.2. The number of carboxylic acid groups (broad SMARTS) is 3. The molecule has 0 aliphatic rings. The van der Waals surface area contributed by atoms with E-state index in [1.54, 1.807) is 61.5 Å². The van der Waals surface area contributed by atoms with E-state index in [-0.39, 0.29) is 36.4 Å². The number of nitrogens with one attached hydrogen (secondary N) is 5. The van der Waals surface area contributed by atoms with Crippen molar-refractivity contribution in [1.82, 2.24) is 35.7 Å². The maximum absolute atomic E-state index is 14.9. The number of aromatic nitrogens is 2. The van der Waals surface area contributed by atoms with E-state index in [9.17, 15) is 66.9 Å². The minimum absolute atomic E-state index is 0.00799. The van der Waals surface area contributed by atoms with Gasteiger partial charge in [-0.3, -0.25) is 42.7 Å². The SMILES string of the molecule is Cc1c(-c2cccc(CCC(=O)N[C@@H](CCC(=O)N[C@H](CCC(=O)NC[C@H](N)C(=O)N[C@@H](CC(=O)O)C(=O)N[C@H](C)CS)C(=O)O)C(=O)O)c2)c(=O)n(C[C@H](N)c2ccccc2)c(=O)n1Cc1c(F)cccc1F. The normalized spacial score (nSPS) is 13.5. The lowest BCUT2D eigenvalue weighted by atomic mass is 10.00. The average molecular weight is 1050 g/mol. The first-order valence-corrected chi connectivity index (χ1v) is 23.8. The van der Waals surface area contributed by atoms with Gasteiger partial charge in [0, 0.05) is 54.9 Å². The lowest BCUT2D eigenvalue weighted by Crippen LogP contribution is -2.56. The van der Waals surface area contributed by atoms with Gasteiger partial charge in [0.15, 0.2) is 0 Å². The van der Waals surface area contributed by atoms with Crippen LogP contribution in [0.5, 0.6) is 0 Å². The van der Waals surface area contributed by atoms with Crippen LogP contribution in [0.4, 0.5) is 8.78 Å². The summed E-state index contributed by atoms with van der Waals surface area (Å²) < 4.78 is 31.8. The molecule has 0 aliphatic carbocycles. The molecule has 5 amide bonds. The van der Waals surface area contributed by atoms with Crippen LogP contribution in [-0.2, 0) is 57.9 Å². The molecule has 1 heterocycles. The molecule has 0 unspecified atom stereocenters. The molecule has 0 radical (unpaired) electrons. The highest BCUT2D eigenvalue weighted by Crippen LogP contribution is 2.23. The summed E-state index contributed by atoms with van der Waals surface area (Å²) in [5, 5.41) is 40.3. The molecule has 74 heavy (non-hydrogen) atoms. The van der Waals surface area contributed by atoms with Gasteiger partial charge in [-0.15, -0.1) is 0 Å². The van der Waals surface area contributed by atoms with Crippen LogP contribution in [0.1, 0.15) is 73.9 Å². The van der Waals surface area contributed by atoms with Crippen molar-refractivity contribution >= 4 is 60.1 Å². The van der Waals surface area contributed by atoms with Crippen molar-refractivity contribution in [3.05, 3.63) is 128 Å². The molecule has 6 atom stereocenters. The maximum Gasteiger partial charge on any atom is 0.331 e. The van der Waals surface area contributed by atoms with Gasteiger partial charge in [-0.05, 0) is 61.9 Å². The zero-order valence-electron chi connectivity index (χ0n) is 40.3. The summed E-state index contributed by atoms with van der Waals surface area (Å²) in [6.07, 6.45) is -3.00. The molecule has 0 fully saturated rings. The van der Waals surface area contributed by atoms with Crippen LogP contribution in [0.3, 0.4) is 0 Å². The highest BCUT2D eigenvalue weighted by molar-refractivity contribution is 7.80. The third-order valence-electron chi connectivity index (χ3n) is 11.6. The molecule has 4 aromatic rings. The van der Waals surface area contributed by atoms with Gasteiger partial charge < -0.3 is 53.4 Å². The Balaban J connectivity index is 1.36. The highest BCUT2D eigenvalue weighted by Gasteiger charge is 2.29. The molecule has 25 heteroatoms. The lowest BCUT2D eigenvalue weighted by Gasteiger charge is -2.21. The van der Waals surface area contributed by atoms with Crippen LogP contribution >= 0.6 is 12.6 Å². The Morgan fingerprint density at radius 2 is 1.28 bits per heavy atom. The second-order valence-electron chi connectivity index (χ2n) is 17.3. The molecule has 0 aliphatic heterocycles. The average Bonchev–Trinajstić information content (AvgIpc) is 3.35. The van der Waals surface area contributed by atoms with Crippen LogP contribution in [0.25, 0.3) is 11.1 Å². The molecule has 12 N–H and O–H groups in total. The first kappa shape index (κ1) is 58.8. The topological polar surface area (TPSA) is 353 Å². The molecular formula is C49H59F2N9O13S. The smallest absolute Gasteiger partial charge is 0.331 e. The summed E-state index contributed by atoms with van der Waals surface area (Å²) in [6, 6.07) is 10.9. The van der Waals surface area contributed by atoms with Crippen LogP contribution in [-0.4, -0.2) is 114 Å². The fourth-order valence-electron chi connectivity index (χ4n) is 7.52. The van der Waals surface area contributed by atoms with Crippen molar-refractivity contribution in [3.63, 3.8) is 0 Å². The Kier molecular flexibility index (Phi) is 22.2. The molecule has 22 nitrogen and oxygen atoms in total. The van der Waals surface area contributed by atoms with Crippen molar-refractivity contribution in [1.29, 1.82) is 0 Å². The van der Waals surface area contributed by atoms with E-state index in [0.29, 0.717) is 16.7 Å². The standard InChI is InChI=1S/C49H59F2N9O13S/c1-26(25-74)55-45(67)38(21-42(64)65)58-44(66)34(52)22-54-39(61)18-15-36(47(69)70)57-41(63)19-16-37(48(71)72)56-40(62)17-14-28-8-6-11-30(20-28)43-27(2)59(23-31-32(50)12-7-13-33(31)51)49(73)60(46(43)68)24-35(53)29-9-4-3-5-10-29/h3-13,20,26,34-38,74H,14-19,21-25,52-53H2,1-2H3,(H,54,61)(H,55,67)(H,56,62)(H,57,63)(H,58,66)(H,64,65)(H,69,70)(H,71,72)/t26-,34+,35+,36-,37+,38+/m1/s1. The fourth-order valence-corrected chi connectivity index (χ4v) is 7.61. The number of halogens is 2. The van der Waals surface area contributed by atoms with Crippen molar-refractivity contribution in [3.8, 4) is 11.1 Å². The predicted molar refractivity (Wildman–Crippen MR) is 267 cm³/mol. The number of benzene rings is 3. The number of nitrogens with two attached hydrogens (primary N) is 2. The summed E-state index contributed by atoms with van der Waals surface area (Å²) in [7, 11) is 0. The summed E-state index contributed by atoms with van der Waals surface area (Å²) in [5.74, 6) is -10.2. The molecule has 0 bridgehead atoms. The number of thiol groups is 1. The van der Waals surface area contributed by atoms with Crippen LogP contribution in [0.2, 0.25) is 0 Å². The third-order valence-corrected chi connectivity index (χ3v) is 12.2. The second kappa shape index (κ2) is 27.9. The molecule has 1 aromatic heterocycles. The molecule has 0 saturated heterocycles. The van der Waals surface area contributed by atoms with Gasteiger partial charge in [0.2, 0.25) is 29.5 Å². The number of hydrogen-bond acceptors (Lipinski definition) is 13. The van der Waals surface area contributed by atoms with E-state index < -0.39 is 157 Å². The first-order chi connectivity index (χ1) is 35.0. The van der Waals surface area contributed by atoms with Gasteiger partial charge in [0.05, 0.1) is 25.1 Å². The van der Waals surface area contributed by atoms with E-state index in [0.717, 1.165) is 21.3 Å². The van der Waals surface area contributed by atoms with E-state index >= 15 is 0 Å². The predicted octanol–water partition coefficient (Wildman–Crippen LogP) is 0.481. The van der Waals surface area contributed by atoms with Crippen molar-refractivity contribution in [2.45, 2.75) is 108 Å². The summed E-state index contributed by atoms with van der Waals surface area (Å²) in [6.45, 7) is 1.72.